The summed E-state index contributed by atoms with van der Waals surface area (Å²) >= 11 is 3.54. The Morgan fingerprint density at radius 1 is 1.27 bits per heavy atom. The highest BCUT2D eigenvalue weighted by molar-refractivity contribution is 9.10. The first-order valence-corrected chi connectivity index (χ1v) is 6.24. The summed E-state index contributed by atoms with van der Waals surface area (Å²) in [6.45, 7) is 9.42. The minimum atomic E-state index is 0.161. The summed E-state index contributed by atoms with van der Waals surface area (Å²) < 4.78 is 6.75. The van der Waals surface area contributed by atoms with Gasteiger partial charge in [0.1, 0.15) is 5.75 Å². The lowest BCUT2D eigenvalue weighted by molar-refractivity contribution is 0.324. The van der Waals surface area contributed by atoms with Gasteiger partial charge in [0, 0.05) is 5.56 Å². The molecule has 0 aliphatic carbocycles. The summed E-state index contributed by atoms with van der Waals surface area (Å²) in [5.41, 5.74) is 1.44. The van der Waals surface area contributed by atoms with Gasteiger partial charge in [0.15, 0.2) is 0 Å². The first-order valence-electron chi connectivity index (χ1n) is 5.44. The van der Waals surface area contributed by atoms with E-state index in [1.165, 1.54) is 5.56 Å². The lowest BCUT2D eigenvalue weighted by Gasteiger charge is -2.26. The van der Waals surface area contributed by atoms with Gasteiger partial charge in [-0.3, -0.25) is 0 Å². The molecule has 0 unspecified atom stereocenters. The second kappa shape index (κ2) is 5.02. The van der Waals surface area contributed by atoms with Crippen LogP contribution in [0.5, 0.6) is 5.75 Å². The first kappa shape index (κ1) is 12.6. The van der Waals surface area contributed by atoms with Gasteiger partial charge in [0.25, 0.3) is 0 Å². The SMILES string of the molecule is CCOc1c(Br)cccc1C(C)(C)CC. The van der Waals surface area contributed by atoms with Gasteiger partial charge >= 0.3 is 0 Å². The van der Waals surface area contributed by atoms with Crippen LogP contribution in [0.2, 0.25) is 0 Å². The van der Waals surface area contributed by atoms with Gasteiger partial charge in [0.05, 0.1) is 11.1 Å². The minimum Gasteiger partial charge on any atom is -0.492 e. The lowest BCUT2D eigenvalue weighted by atomic mass is 9.82. The topological polar surface area (TPSA) is 9.23 Å². The molecule has 15 heavy (non-hydrogen) atoms. The number of hydrogen-bond donors (Lipinski definition) is 0. The van der Waals surface area contributed by atoms with Crippen molar-refractivity contribution in [2.45, 2.75) is 39.5 Å². The van der Waals surface area contributed by atoms with E-state index in [0.717, 1.165) is 16.6 Å². The molecule has 0 saturated carbocycles. The Hall–Kier alpha value is -0.500. The van der Waals surface area contributed by atoms with E-state index in [4.69, 9.17) is 4.74 Å². The summed E-state index contributed by atoms with van der Waals surface area (Å²) in [6, 6.07) is 6.25. The molecule has 1 aromatic carbocycles. The third-order valence-electron chi connectivity index (χ3n) is 2.87. The van der Waals surface area contributed by atoms with Crippen LogP contribution >= 0.6 is 15.9 Å². The zero-order valence-corrected chi connectivity index (χ0v) is 11.5. The maximum Gasteiger partial charge on any atom is 0.137 e. The van der Waals surface area contributed by atoms with Crippen LogP contribution in [0.3, 0.4) is 0 Å². The fraction of sp³-hybridized carbons (Fsp3) is 0.538. The van der Waals surface area contributed by atoms with Gasteiger partial charge in [-0.15, -0.1) is 0 Å². The molecule has 1 nitrogen and oxygen atoms in total. The van der Waals surface area contributed by atoms with Crippen LogP contribution in [-0.2, 0) is 5.41 Å². The Kier molecular flexibility index (Phi) is 4.21. The number of para-hydroxylation sites is 1. The molecule has 1 rings (SSSR count). The van der Waals surface area contributed by atoms with Gasteiger partial charge < -0.3 is 4.74 Å². The number of ether oxygens (including phenoxy) is 1. The number of rotatable bonds is 4. The zero-order valence-electron chi connectivity index (χ0n) is 9.93. The summed E-state index contributed by atoms with van der Waals surface area (Å²) in [7, 11) is 0. The molecule has 0 spiro atoms. The average Bonchev–Trinajstić information content (AvgIpc) is 2.21. The molecule has 0 aliphatic rings. The zero-order chi connectivity index (χ0) is 11.5. The van der Waals surface area contributed by atoms with Crippen LogP contribution in [0.15, 0.2) is 22.7 Å². The fourth-order valence-corrected chi connectivity index (χ4v) is 2.00. The molecule has 0 bridgehead atoms. The van der Waals surface area contributed by atoms with Crippen molar-refractivity contribution in [3.63, 3.8) is 0 Å². The van der Waals surface area contributed by atoms with Crippen LogP contribution in [0.4, 0.5) is 0 Å². The maximum atomic E-state index is 5.71. The maximum absolute atomic E-state index is 5.71. The normalized spacial score (nSPS) is 11.5. The number of hydrogen-bond acceptors (Lipinski definition) is 1. The van der Waals surface area contributed by atoms with E-state index >= 15 is 0 Å². The molecule has 2 heteroatoms. The lowest BCUT2D eigenvalue weighted by Crippen LogP contribution is -2.17. The average molecular weight is 271 g/mol. The summed E-state index contributed by atoms with van der Waals surface area (Å²) in [5.74, 6) is 0.992. The van der Waals surface area contributed by atoms with Crippen LogP contribution in [0, 0.1) is 0 Å². The van der Waals surface area contributed by atoms with Gasteiger partial charge in [0.2, 0.25) is 0 Å². The highest BCUT2D eigenvalue weighted by Gasteiger charge is 2.23. The molecule has 0 radical (unpaired) electrons. The van der Waals surface area contributed by atoms with E-state index in [9.17, 15) is 0 Å². The Bertz CT molecular complexity index is 331. The second-order valence-corrected chi connectivity index (χ2v) is 5.14. The largest absolute Gasteiger partial charge is 0.492 e. The third-order valence-corrected chi connectivity index (χ3v) is 3.49. The Balaban J connectivity index is 3.22. The fourth-order valence-electron chi connectivity index (χ4n) is 1.52. The van der Waals surface area contributed by atoms with Gasteiger partial charge in [-0.2, -0.15) is 0 Å². The molecule has 0 N–H and O–H groups in total. The highest BCUT2D eigenvalue weighted by Crippen LogP contribution is 2.38. The molecule has 1 aromatic rings. The molecule has 0 atom stereocenters. The van der Waals surface area contributed by atoms with E-state index in [2.05, 4.69) is 48.8 Å². The van der Waals surface area contributed by atoms with Crippen molar-refractivity contribution in [3.05, 3.63) is 28.2 Å². The minimum absolute atomic E-state index is 0.161. The molecular formula is C13H19BrO. The van der Waals surface area contributed by atoms with Crippen LogP contribution in [-0.4, -0.2) is 6.61 Å². The van der Waals surface area contributed by atoms with E-state index in [1.54, 1.807) is 0 Å². The molecule has 0 amide bonds. The monoisotopic (exact) mass is 270 g/mol. The van der Waals surface area contributed by atoms with Crippen molar-refractivity contribution in [1.82, 2.24) is 0 Å². The van der Waals surface area contributed by atoms with Crippen molar-refractivity contribution < 1.29 is 4.74 Å². The van der Waals surface area contributed by atoms with Gasteiger partial charge in [-0.05, 0) is 40.8 Å². The second-order valence-electron chi connectivity index (χ2n) is 4.29. The number of benzene rings is 1. The Labute approximate surface area is 101 Å². The van der Waals surface area contributed by atoms with Crippen molar-refractivity contribution in [2.75, 3.05) is 6.61 Å². The summed E-state index contributed by atoms with van der Waals surface area (Å²) in [4.78, 5) is 0. The number of halogens is 1. The Morgan fingerprint density at radius 2 is 1.93 bits per heavy atom. The predicted molar refractivity (Wildman–Crippen MR) is 68.6 cm³/mol. The van der Waals surface area contributed by atoms with Crippen molar-refractivity contribution in [3.8, 4) is 5.75 Å². The first-order chi connectivity index (χ1) is 7.03. The highest BCUT2D eigenvalue weighted by atomic mass is 79.9. The van der Waals surface area contributed by atoms with Crippen molar-refractivity contribution >= 4 is 15.9 Å². The van der Waals surface area contributed by atoms with Crippen LogP contribution in [0.1, 0.15) is 39.7 Å². The molecule has 0 saturated heterocycles. The predicted octanol–water partition coefficient (Wildman–Crippen LogP) is 4.54. The molecule has 0 aliphatic heterocycles. The molecule has 0 fully saturated rings. The van der Waals surface area contributed by atoms with Gasteiger partial charge in [-0.1, -0.05) is 32.9 Å². The summed E-state index contributed by atoms with van der Waals surface area (Å²) in [5, 5.41) is 0. The molecule has 0 aromatic heterocycles. The quantitative estimate of drug-likeness (QED) is 0.781. The molecular weight excluding hydrogens is 252 g/mol. The van der Waals surface area contributed by atoms with Crippen LogP contribution in [0.25, 0.3) is 0 Å². The van der Waals surface area contributed by atoms with E-state index in [0.29, 0.717) is 6.61 Å². The van der Waals surface area contributed by atoms with Crippen molar-refractivity contribution in [1.29, 1.82) is 0 Å². The van der Waals surface area contributed by atoms with Crippen molar-refractivity contribution in [2.24, 2.45) is 0 Å². The van der Waals surface area contributed by atoms with E-state index in [-0.39, 0.29) is 5.41 Å². The smallest absolute Gasteiger partial charge is 0.137 e. The van der Waals surface area contributed by atoms with E-state index < -0.39 is 0 Å². The standard InChI is InChI=1S/C13H19BrO/c1-5-13(3,4)10-8-7-9-11(14)12(10)15-6-2/h7-9H,5-6H2,1-4H3. The van der Waals surface area contributed by atoms with E-state index in [1.807, 2.05) is 13.0 Å². The molecule has 84 valence electrons. The molecule has 0 heterocycles. The summed E-state index contributed by atoms with van der Waals surface area (Å²) in [6.07, 6.45) is 1.10. The van der Waals surface area contributed by atoms with Gasteiger partial charge in [-0.25, -0.2) is 0 Å². The Morgan fingerprint density at radius 3 is 2.47 bits per heavy atom. The van der Waals surface area contributed by atoms with Crippen LogP contribution < -0.4 is 4.74 Å². The third kappa shape index (κ3) is 2.75.